The molecule has 0 aliphatic rings. The summed E-state index contributed by atoms with van der Waals surface area (Å²) >= 11 is 5.18. The zero-order valence-electron chi connectivity index (χ0n) is 11.2. The molecule has 3 nitrogen and oxygen atoms in total. The third-order valence-corrected chi connectivity index (χ3v) is 4.39. The van der Waals surface area contributed by atoms with E-state index in [1.54, 1.807) is 11.8 Å². The molecule has 0 aliphatic heterocycles. The fourth-order valence-corrected chi connectivity index (χ4v) is 2.69. The number of anilines is 1. The molecule has 0 fully saturated rings. The Labute approximate surface area is 126 Å². The minimum Gasteiger partial charge on any atom is -0.373 e. The van der Waals surface area contributed by atoms with Gasteiger partial charge in [0.15, 0.2) is 0 Å². The fraction of sp³-hybridized carbons (Fsp3) is 0.286. The van der Waals surface area contributed by atoms with E-state index in [2.05, 4.69) is 43.3 Å². The Morgan fingerprint density at radius 2 is 1.84 bits per heavy atom. The molecular weight excluding hydrogens is 322 g/mol. The molecule has 1 N–H and O–H groups in total. The van der Waals surface area contributed by atoms with Crippen LogP contribution in [0, 0.1) is 13.8 Å². The maximum Gasteiger partial charge on any atom is 0.141 e. The molecule has 0 saturated heterocycles. The van der Waals surface area contributed by atoms with Crippen molar-refractivity contribution in [3.8, 4) is 0 Å². The average molecular weight is 338 g/mol. The van der Waals surface area contributed by atoms with Crippen molar-refractivity contribution in [3.63, 3.8) is 0 Å². The first kappa shape index (κ1) is 14.3. The lowest BCUT2D eigenvalue weighted by atomic mass is 10.2. The van der Waals surface area contributed by atoms with Gasteiger partial charge in [0, 0.05) is 27.7 Å². The smallest absolute Gasteiger partial charge is 0.141 e. The number of hydrogen-bond donors (Lipinski definition) is 1. The number of nitrogens with zero attached hydrogens (tertiary/aromatic N) is 2. The number of nitrogens with one attached hydrogen (secondary N) is 1. The lowest BCUT2D eigenvalue weighted by Crippen LogP contribution is -2.04. The molecule has 0 aliphatic carbocycles. The molecule has 0 bridgehead atoms. The minimum absolute atomic E-state index is 0.775. The molecule has 1 heterocycles. The summed E-state index contributed by atoms with van der Waals surface area (Å²) in [6, 6.07) is 8.27. The van der Waals surface area contributed by atoms with Gasteiger partial charge in [0.2, 0.25) is 0 Å². The molecule has 2 aromatic rings. The van der Waals surface area contributed by atoms with Gasteiger partial charge in [0.1, 0.15) is 11.6 Å². The van der Waals surface area contributed by atoms with E-state index < -0.39 is 0 Å². The van der Waals surface area contributed by atoms with Crippen LogP contribution in [0.1, 0.15) is 17.1 Å². The second kappa shape index (κ2) is 6.39. The van der Waals surface area contributed by atoms with Crippen molar-refractivity contribution in [2.75, 3.05) is 12.4 Å². The second-order valence-electron chi connectivity index (χ2n) is 4.19. The van der Waals surface area contributed by atoms with Crippen LogP contribution in [0.4, 0.5) is 5.82 Å². The topological polar surface area (TPSA) is 37.8 Å². The summed E-state index contributed by atoms with van der Waals surface area (Å²) in [7, 11) is 1.89. The summed E-state index contributed by atoms with van der Waals surface area (Å²) in [4.78, 5) is 10.3. The number of halogens is 1. The van der Waals surface area contributed by atoms with Crippen LogP contribution in [0.2, 0.25) is 0 Å². The lowest BCUT2D eigenvalue weighted by molar-refractivity contribution is 0.974. The van der Waals surface area contributed by atoms with Gasteiger partial charge in [0.25, 0.3) is 0 Å². The van der Waals surface area contributed by atoms with Crippen LogP contribution in [-0.2, 0) is 5.75 Å². The van der Waals surface area contributed by atoms with Gasteiger partial charge in [-0.3, -0.25) is 0 Å². The maximum atomic E-state index is 4.53. The molecule has 2 rings (SSSR count). The van der Waals surface area contributed by atoms with Gasteiger partial charge in [-0.25, -0.2) is 9.97 Å². The van der Waals surface area contributed by atoms with Crippen molar-refractivity contribution < 1.29 is 0 Å². The Morgan fingerprint density at radius 3 is 2.47 bits per heavy atom. The van der Waals surface area contributed by atoms with Crippen molar-refractivity contribution in [1.29, 1.82) is 0 Å². The number of aryl methyl sites for hydroxylation is 1. The van der Waals surface area contributed by atoms with Crippen molar-refractivity contribution in [2.45, 2.75) is 24.5 Å². The molecule has 5 heteroatoms. The van der Waals surface area contributed by atoms with Crippen LogP contribution in [0.15, 0.2) is 33.6 Å². The molecule has 0 unspecified atom stereocenters. The Hall–Kier alpha value is -1.07. The van der Waals surface area contributed by atoms with Gasteiger partial charge >= 0.3 is 0 Å². The van der Waals surface area contributed by atoms with Crippen LogP contribution >= 0.6 is 27.7 Å². The van der Waals surface area contributed by atoms with Crippen molar-refractivity contribution in [1.82, 2.24) is 9.97 Å². The van der Waals surface area contributed by atoms with Gasteiger partial charge in [-0.15, -0.1) is 11.8 Å². The second-order valence-corrected chi connectivity index (χ2v) is 6.16. The van der Waals surface area contributed by atoms with Crippen LogP contribution in [0.25, 0.3) is 0 Å². The third-order valence-electron chi connectivity index (χ3n) is 2.85. The van der Waals surface area contributed by atoms with E-state index in [1.165, 1.54) is 4.90 Å². The molecule has 100 valence electrons. The molecule has 0 saturated carbocycles. The Kier molecular flexibility index (Phi) is 4.82. The molecule has 0 spiro atoms. The normalized spacial score (nSPS) is 10.5. The third kappa shape index (κ3) is 3.70. The van der Waals surface area contributed by atoms with Gasteiger partial charge < -0.3 is 5.32 Å². The van der Waals surface area contributed by atoms with Crippen LogP contribution in [0.5, 0.6) is 0 Å². The molecule has 0 amide bonds. The van der Waals surface area contributed by atoms with E-state index in [0.29, 0.717) is 0 Å². The summed E-state index contributed by atoms with van der Waals surface area (Å²) < 4.78 is 1.09. The predicted molar refractivity (Wildman–Crippen MR) is 84.8 cm³/mol. The SMILES string of the molecule is CNc1nc(CSc2ccc(Br)cc2)nc(C)c1C. The summed E-state index contributed by atoms with van der Waals surface area (Å²) in [5.41, 5.74) is 2.14. The highest BCUT2D eigenvalue weighted by atomic mass is 79.9. The maximum absolute atomic E-state index is 4.53. The van der Waals surface area contributed by atoms with Crippen molar-refractivity contribution in [3.05, 3.63) is 45.8 Å². The molecule has 1 aromatic carbocycles. The number of thioether (sulfide) groups is 1. The average Bonchev–Trinajstić information content (AvgIpc) is 2.41. The largest absolute Gasteiger partial charge is 0.373 e. The summed E-state index contributed by atoms with van der Waals surface area (Å²) in [6.07, 6.45) is 0. The number of rotatable bonds is 4. The predicted octanol–water partition coefficient (Wildman–Crippen LogP) is 4.19. The standard InChI is InChI=1S/C14H16BrN3S/c1-9-10(2)17-13(18-14(9)16-3)8-19-12-6-4-11(15)5-7-12/h4-7H,8H2,1-3H3,(H,16,17,18). The molecule has 0 radical (unpaired) electrons. The van der Waals surface area contributed by atoms with E-state index >= 15 is 0 Å². The zero-order chi connectivity index (χ0) is 13.8. The minimum atomic E-state index is 0.775. The van der Waals surface area contributed by atoms with Crippen LogP contribution < -0.4 is 5.32 Å². The molecule has 19 heavy (non-hydrogen) atoms. The van der Waals surface area contributed by atoms with E-state index in [1.807, 2.05) is 33.0 Å². The monoisotopic (exact) mass is 337 g/mol. The van der Waals surface area contributed by atoms with E-state index in [0.717, 1.165) is 33.1 Å². The van der Waals surface area contributed by atoms with E-state index in [4.69, 9.17) is 0 Å². The van der Waals surface area contributed by atoms with Crippen molar-refractivity contribution >= 4 is 33.5 Å². The highest BCUT2D eigenvalue weighted by Gasteiger charge is 2.07. The fourth-order valence-electron chi connectivity index (χ4n) is 1.67. The van der Waals surface area contributed by atoms with Crippen LogP contribution in [0.3, 0.4) is 0 Å². The van der Waals surface area contributed by atoms with Gasteiger partial charge in [0.05, 0.1) is 5.75 Å². The highest BCUT2D eigenvalue weighted by Crippen LogP contribution is 2.24. The molecular formula is C14H16BrN3S. The summed E-state index contributed by atoms with van der Waals surface area (Å²) in [6.45, 7) is 4.05. The van der Waals surface area contributed by atoms with Gasteiger partial charge in [-0.05, 0) is 38.1 Å². The summed E-state index contributed by atoms with van der Waals surface area (Å²) in [5, 5.41) is 3.12. The van der Waals surface area contributed by atoms with E-state index in [9.17, 15) is 0 Å². The molecule has 0 atom stereocenters. The first-order valence-corrected chi connectivity index (χ1v) is 7.78. The number of aromatic nitrogens is 2. The quantitative estimate of drug-likeness (QED) is 0.849. The number of benzene rings is 1. The van der Waals surface area contributed by atoms with E-state index in [-0.39, 0.29) is 0 Å². The highest BCUT2D eigenvalue weighted by molar-refractivity contribution is 9.10. The van der Waals surface area contributed by atoms with Crippen molar-refractivity contribution in [2.24, 2.45) is 0 Å². The van der Waals surface area contributed by atoms with Gasteiger partial charge in [-0.2, -0.15) is 0 Å². The lowest BCUT2D eigenvalue weighted by Gasteiger charge is -2.09. The molecule has 1 aromatic heterocycles. The first-order valence-electron chi connectivity index (χ1n) is 6.00. The van der Waals surface area contributed by atoms with Crippen LogP contribution in [-0.4, -0.2) is 17.0 Å². The Balaban J connectivity index is 2.11. The Morgan fingerprint density at radius 1 is 1.16 bits per heavy atom. The Bertz CT molecular complexity index is 570. The summed E-state index contributed by atoms with van der Waals surface area (Å²) in [5.74, 6) is 2.55. The number of hydrogen-bond acceptors (Lipinski definition) is 4. The van der Waals surface area contributed by atoms with Gasteiger partial charge in [-0.1, -0.05) is 15.9 Å². The first-order chi connectivity index (χ1) is 9.10. The zero-order valence-corrected chi connectivity index (χ0v) is 13.6.